The zero-order chi connectivity index (χ0) is 22.1. The molecule has 1 fully saturated rings. The molecule has 0 bridgehead atoms. The van der Waals surface area contributed by atoms with Gasteiger partial charge in [0, 0.05) is 5.02 Å². The van der Waals surface area contributed by atoms with Gasteiger partial charge in [-0.3, -0.25) is 14.5 Å². The Morgan fingerprint density at radius 1 is 1.13 bits per heavy atom. The average Bonchev–Trinajstić information content (AvgIpc) is 2.93. The standard InChI is InChI=1S/C20H17ClF3N3O3/c1-2-19(12-7-9-13(21)10-8-12)17(29)27(18(30)26-19)11-16(28)25-15-6-4-3-5-14(15)20(22,23)24/h3-10H,2,11H2,1H3,(H,25,28)(H,26,30). The molecule has 0 saturated carbocycles. The van der Waals surface area contributed by atoms with Gasteiger partial charge in [0.15, 0.2) is 0 Å². The van der Waals surface area contributed by atoms with E-state index in [1.54, 1.807) is 31.2 Å². The number of para-hydroxylation sites is 1. The number of nitrogens with one attached hydrogen (secondary N) is 2. The number of carbonyl (C=O) groups excluding carboxylic acids is 3. The fourth-order valence-corrected chi connectivity index (χ4v) is 3.44. The summed E-state index contributed by atoms with van der Waals surface area (Å²) in [6.07, 6.45) is -4.47. The maximum Gasteiger partial charge on any atom is 0.418 e. The molecule has 2 aromatic rings. The molecular weight excluding hydrogens is 423 g/mol. The molecule has 30 heavy (non-hydrogen) atoms. The van der Waals surface area contributed by atoms with Crippen LogP contribution in [0.25, 0.3) is 0 Å². The quantitative estimate of drug-likeness (QED) is 0.687. The van der Waals surface area contributed by atoms with Gasteiger partial charge in [-0.05, 0) is 36.2 Å². The zero-order valence-electron chi connectivity index (χ0n) is 15.7. The van der Waals surface area contributed by atoms with E-state index in [4.69, 9.17) is 11.6 Å². The van der Waals surface area contributed by atoms with Crippen LogP contribution in [0.4, 0.5) is 23.7 Å². The molecule has 0 aliphatic carbocycles. The minimum absolute atomic E-state index is 0.203. The molecule has 10 heteroatoms. The van der Waals surface area contributed by atoms with Crippen molar-refractivity contribution in [2.24, 2.45) is 0 Å². The molecule has 0 aromatic heterocycles. The van der Waals surface area contributed by atoms with E-state index in [-0.39, 0.29) is 6.42 Å². The van der Waals surface area contributed by atoms with Crippen molar-refractivity contribution in [3.05, 3.63) is 64.7 Å². The van der Waals surface area contributed by atoms with E-state index in [1.165, 1.54) is 12.1 Å². The van der Waals surface area contributed by atoms with Crippen LogP contribution in [0, 0.1) is 0 Å². The second-order valence-corrected chi connectivity index (χ2v) is 7.12. The van der Waals surface area contributed by atoms with Crippen molar-refractivity contribution in [3.8, 4) is 0 Å². The van der Waals surface area contributed by atoms with Crippen LogP contribution in [-0.2, 0) is 21.3 Å². The largest absolute Gasteiger partial charge is 0.418 e. The highest BCUT2D eigenvalue weighted by atomic mass is 35.5. The number of urea groups is 1. The van der Waals surface area contributed by atoms with Crippen LogP contribution < -0.4 is 10.6 Å². The number of carbonyl (C=O) groups is 3. The third-order valence-corrected chi connectivity index (χ3v) is 5.10. The van der Waals surface area contributed by atoms with E-state index in [0.717, 1.165) is 12.1 Å². The minimum Gasteiger partial charge on any atom is -0.324 e. The van der Waals surface area contributed by atoms with Gasteiger partial charge >= 0.3 is 12.2 Å². The average molecular weight is 440 g/mol. The summed E-state index contributed by atoms with van der Waals surface area (Å²) >= 11 is 5.88. The molecule has 6 nitrogen and oxygen atoms in total. The zero-order valence-corrected chi connectivity index (χ0v) is 16.5. The number of rotatable bonds is 5. The van der Waals surface area contributed by atoms with Crippen molar-refractivity contribution in [1.82, 2.24) is 10.2 Å². The summed E-state index contributed by atoms with van der Waals surface area (Å²) in [4.78, 5) is 38.5. The maximum atomic E-state index is 13.1. The van der Waals surface area contributed by atoms with Crippen molar-refractivity contribution >= 4 is 35.1 Å². The number of benzene rings is 2. The highest BCUT2D eigenvalue weighted by molar-refractivity contribution is 6.30. The predicted molar refractivity (Wildman–Crippen MR) is 104 cm³/mol. The smallest absolute Gasteiger partial charge is 0.324 e. The van der Waals surface area contributed by atoms with Crippen molar-refractivity contribution in [1.29, 1.82) is 0 Å². The van der Waals surface area contributed by atoms with Crippen LogP contribution >= 0.6 is 11.6 Å². The van der Waals surface area contributed by atoms with Gasteiger partial charge in [-0.1, -0.05) is 42.8 Å². The molecule has 1 aliphatic rings. The molecule has 158 valence electrons. The molecule has 0 radical (unpaired) electrons. The third-order valence-electron chi connectivity index (χ3n) is 4.85. The third kappa shape index (κ3) is 3.97. The van der Waals surface area contributed by atoms with Crippen molar-refractivity contribution in [2.45, 2.75) is 25.1 Å². The van der Waals surface area contributed by atoms with Gasteiger partial charge in [0.05, 0.1) is 11.3 Å². The molecular formula is C20H17ClF3N3O3. The molecule has 1 saturated heterocycles. The summed E-state index contributed by atoms with van der Waals surface area (Å²) in [6, 6.07) is 9.95. The van der Waals surface area contributed by atoms with Crippen molar-refractivity contribution < 1.29 is 27.6 Å². The van der Waals surface area contributed by atoms with Crippen molar-refractivity contribution in [2.75, 3.05) is 11.9 Å². The second kappa shape index (κ2) is 7.98. The molecule has 1 heterocycles. The molecule has 1 atom stereocenters. The monoisotopic (exact) mass is 439 g/mol. The first-order valence-corrected chi connectivity index (χ1v) is 9.32. The number of imide groups is 1. The Kier molecular flexibility index (Phi) is 5.76. The number of nitrogens with zero attached hydrogens (tertiary/aromatic N) is 1. The number of hydrogen-bond acceptors (Lipinski definition) is 3. The van der Waals surface area contributed by atoms with Crippen LogP contribution in [-0.4, -0.2) is 29.3 Å². The summed E-state index contributed by atoms with van der Waals surface area (Å²) in [5.41, 5.74) is -2.38. The number of hydrogen-bond donors (Lipinski definition) is 2. The van der Waals surface area contributed by atoms with Gasteiger partial charge in [0.1, 0.15) is 12.1 Å². The molecule has 0 spiro atoms. The van der Waals surface area contributed by atoms with Gasteiger partial charge in [-0.2, -0.15) is 13.2 Å². The first kappa shape index (κ1) is 21.6. The lowest BCUT2D eigenvalue weighted by atomic mass is 9.87. The Morgan fingerprint density at radius 3 is 2.37 bits per heavy atom. The molecule has 1 unspecified atom stereocenters. The second-order valence-electron chi connectivity index (χ2n) is 6.68. The van der Waals surface area contributed by atoms with Gasteiger partial charge in [0.25, 0.3) is 5.91 Å². The summed E-state index contributed by atoms with van der Waals surface area (Å²) in [6.45, 7) is 0.960. The number of amides is 4. The van der Waals surface area contributed by atoms with Crippen LogP contribution in [0.3, 0.4) is 0 Å². The highest BCUT2D eigenvalue weighted by Crippen LogP contribution is 2.35. The Morgan fingerprint density at radius 2 is 1.77 bits per heavy atom. The fraction of sp³-hybridized carbons (Fsp3) is 0.250. The molecule has 2 N–H and O–H groups in total. The lowest BCUT2D eigenvalue weighted by Crippen LogP contribution is -2.44. The van der Waals surface area contributed by atoms with E-state index in [1.807, 2.05) is 0 Å². The SMILES string of the molecule is CCC1(c2ccc(Cl)cc2)NC(=O)N(CC(=O)Nc2ccccc2C(F)(F)F)C1=O. The van der Waals surface area contributed by atoms with Crippen LogP contribution in [0.5, 0.6) is 0 Å². The highest BCUT2D eigenvalue weighted by Gasteiger charge is 2.51. The number of anilines is 1. The normalized spacial score (nSPS) is 19.0. The lowest BCUT2D eigenvalue weighted by molar-refractivity contribution is -0.137. The minimum atomic E-state index is -4.67. The Bertz CT molecular complexity index is 995. The van der Waals surface area contributed by atoms with Gasteiger partial charge in [-0.15, -0.1) is 0 Å². The van der Waals surface area contributed by atoms with Crippen LogP contribution in [0.15, 0.2) is 48.5 Å². The van der Waals surface area contributed by atoms with E-state index in [0.29, 0.717) is 15.5 Å². The van der Waals surface area contributed by atoms with Crippen LogP contribution in [0.1, 0.15) is 24.5 Å². The summed E-state index contributed by atoms with van der Waals surface area (Å²) in [7, 11) is 0. The van der Waals surface area contributed by atoms with Gasteiger partial charge in [0.2, 0.25) is 5.91 Å². The number of halogens is 4. The lowest BCUT2D eigenvalue weighted by Gasteiger charge is -2.25. The van der Waals surface area contributed by atoms with E-state index < -0.39 is 47.4 Å². The molecule has 4 amide bonds. The first-order valence-electron chi connectivity index (χ1n) is 8.94. The summed E-state index contributed by atoms with van der Waals surface area (Å²) in [5, 5.41) is 5.16. The maximum absolute atomic E-state index is 13.1. The number of alkyl halides is 3. The van der Waals surface area contributed by atoms with Crippen molar-refractivity contribution in [3.63, 3.8) is 0 Å². The van der Waals surface area contributed by atoms with Gasteiger partial charge < -0.3 is 10.6 Å². The Hall–Kier alpha value is -3.07. The van der Waals surface area contributed by atoms with Gasteiger partial charge in [-0.25, -0.2) is 4.79 Å². The fourth-order valence-electron chi connectivity index (χ4n) is 3.32. The van der Waals surface area contributed by atoms with E-state index in [9.17, 15) is 27.6 Å². The van der Waals surface area contributed by atoms with E-state index >= 15 is 0 Å². The van der Waals surface area contributed by atoms with E-state index in [2.05, 4.69) is 10.6 Å². The first-order chi connectivity index (χ1) is 14.1. The Labute approximate surface area is 175 Å². The molecule has 2 aromatic carbocycles. The van der Waals surface area contributed by atoms with Crippen LogP contribution in [0.2, 0.25) is 5.02 Å². The predicted octanol–water partition coefficient (Wildman–Crippen LogP) is 4.15. The molecule has 1 aliphatic heterocycles. The molecule has 3 rings (SSSR count). The summed E-state index contributed by atoms with van der Waals surface area (Å²) < 4.78 is 39.3. The topological polar surface area (TPSA) is 78.5 Å². The Balaban J connectivity index is 1.81. The summed E-state index contributed by atoms with van der Waals surface area (Å²) in [5.74, 6) is -1.60.